The number of likely N-dealkylation sites (tertiary alicyclic amines) is 1. The fourth-order valence-corrected chi connectivity index (χ4v) is 5.13. The number of aromatic nitrogens is 2. The van der Waals surface area contributed by atoms with E-state index in [1.807, 2.05) is 41.4 Å². The van der Waals surface area contributed by atoms with Gasteiger partial charge in [0.2, 0.25) is 5.95 Å². The third-order valence-electron chi connectivity index (χ3n) is 5.95. The number of nitrogens with zero attached hydrogens (tertiary/aromatic N) is 3. The van der Waals surface area contributed by atoms with Gasteiger partial charge in [-0.05, 0) is 47.7 Å². The summed E-state index contributed by atoms with van der Waals surface area (Å²) in [5.74, 6) is 0.597. The number of thiophene rings is 1. The average molecular weight is 446 g/mol. The van der Waals surface area contributed by atoms with Crippen molar-refractivity contribution in [2.45, 2.75) is 38.6 Å². The maximum atomic E-state index is 13.0. The first kappa shape index (κ1) is 20.8. The molecule has 6 nitrogen and oxygen atoms in total. The summed E-state index contributed by atoms with van der Waals surface area (Å²) in [6.07, 6.45) is 2.69. The predicted molar refractivity (Wildman–Crippen MR) is 132 cm³/mol. The minimum atomic E-state index is 0.0544. The van der Waals surface area contributed by atoms with Crippen LogP contribution in [0.5, 0.6) is 0 Å². The molecular formula is C25H27N5OS. The topological polar surface area (TPSA) is 84.1 Å². The Morgan fingerprint density at radius 1 is 1.22 bits per heavy atom. The van der Waals surface area contributed by atoms with Crippen LogP contribution in [0.1, 0.15) is 42.4 Å². The fourth-order valence-electron chi connectivity index (χ4n) is 4.09. The van der Waals surface area contributed by atoms with Crippen molar-refractivity contribution < 1.29 is 4.79 Å². The zero-order valence-electron chi connectivity index (χ0n) is 18.6. The van der Waals surface area contributed by atoms with Crippen LogP contribution in [-0.2, 0) is 5.41 Å². The molecule has 1 aliphatic rings. The molecule has 1 unspecified atom stereocenters. The Labute approximate surface area is 191 Å². The second-order valence-corrected chi connectivity index (χ2v) is 10.6. The van der Waals surface area contributed by atoms with Gasteiger partial charge in [-0.15, -0.1) is 11.3 Å². The summed E-state index contributed by atoms with van der Waals surface area (Å²) >= 11 is 1.51. The molecule has 2 aromatic carbocycles. The normalized spacial score (nSPS) is 16.8. The van der Waals surface area contributed by atoms with Gasteiger partial charge in [0.15, 0.2) is 0 Å². The zero-order valence-corrected chi connectivity index (χ0v) is 19.4. The molecule has 0 bridgehead atoms. The SMILES string of the molecule is CC(C)(C)c1cccc(Nc2ncc3ccc4sc(C(=O)N5CCC(N)C5)cc4c3n2)c1. The van der Waals surface area contributed by atoms with Crippen LogP contribution in [-0.4, -0.2) is 39.9 Å². The van der Waals surface area contributed by atoms with Crippen molar-refractivity contribution in [2.24, 2.45) is 5.73 Å². The monoisotopic (exact) mass is 445 g/mol. The van der Waals surface area contributed by atoms with E-state index in [1.54, 1.807) is 0 Å². The number of benzene rings is 2. The van der Waals surface area contributed by atoms with Crippen LogP contribution in [0, 0.1) is 0 Å². The van der Waals surface area contributed by atoms with Gasteiger partial charge in [-0.25, -0.2) is 9.97 Å². The second-order valence-electron chi connectivity index (χ2n) is 9.48. The van der Waals surface area contributed by atoms with Crippen LogP contribution in [0.15, 0.2) is 48.7 Å². The number of carbonyl (C=O) groups excluding carboxylic acids is 1. The number of fused-ring (bicyclic) bond motifs is 3. The van der Waals surface area contributed by atoms with E-state index in [0.717, 1.165) is 44.5 Å². The van der Waals surface area contributed by atoms with E-state index in [2.05, 4.69) is 43.2 Å². The quantitative estimate of drug-likeness (QED) is 0.461. The number of nitrogens with one attached hydrogen (secondary N) is 1. The van der Waals surface area contributed by atoms with E-state index >= 15 is 0 Å². The first-order valence-electron chi connectivity index (χ1n) is 10.9. The number of carbonyl (C=O) groups is 1. The molecule has 0 spiro atoms. The molecular weight excluding hydrogens is 418 g/mol. The van der Waals surface area contributed by atoms with Crippen molar-refractivity contribution in [3.05, 3.63) is 59.1 Å². The van der Waals surface area contributed by atoms with Gasteiger partial charge in [0.25, 0.3) is 5.91 Å². The fraction of sp³-hybridized carbons (Fsp3) is 0.320. The number of anilines is 2. The van der Waals surface area contributed by atoms with Gasteiger partial charge >= 0.3 is 0 Å². The Kier molecular flexibility index (Phi) is 5.10. The summed E-state index contributed by atoms with van der Waals surface area (Å²) in [6, 6.07) is 14.4. The van der Waals surface area contributed by atoms with E-state index in [4.69, 9.17) is 10.7 Å². The minimum absolute atomic E-state index is 0.0544. The van der Waals surface area contributed by atoms with Crippen molar-refractivity contribution >= 4 is 49.9 Å². The van der Waals surface area contributed by atoms with Crippen molar-refractivity contribution in [2.75, 3.05) is 18.4 Å². The summed E-state index contributed by atoms with van der Waals surface area (Å²) in [4.78, 5) is 24.9. The number of amides is 1. The lowest BCUT2D eigenvalue weighted by molar-refractivity contribution is 0.0795. The average Bonchev–Trinajstić information content (AvgIpc) is 3.39. The highest BCUT2D eigenvalue weighted by atomic mass is 32.1. The molecule has 2 aromatic heterocycles. The van der Waals surface area contributed by atoms with Gasteiger partial charge in [-0.1, -0.05) is 32.9 Å². The molecule has 1 amide bonds. The highest BCUT2D eigenvalue weighted by Crippen LogP contribution is 2.33. The molecule has 7 heteroatoms. The lowest BCUT2D eigenvalue weighted by atomic mass is 9.87. The Bertz CT molecular complexity index is 1320. The van der Waals surface area contributed by atoms with E-state index in [1.165, 1.54) is 16.9 Å². The molecule has 4 aromatic rings. The van der Waals surface area contributed by atoms with Crippen molar-refractivity contribution in [3.8, 4) is 0 Å². The van der Waals surface area contributed by atoms with Crippen LogP contribution in [0.4, 0.5) is 11.6 Å². The summed E-state index contributed by atoms with van der Waals surface area (Å²) in [7, 11) is 0. The van der Waals surface area contributed by atoms with Crippen molar-refractivity contribution in [1.82, 2.24) is 14.9 Å². The van der Waals surface area contributed by atoms with Crippen LogP contribution >= 0.6 is 11.3 Å². The van der Waals surface area contributed by atoms with E-state index < -0.39 is 0 Å². The lowest BCUT2D eigenvalue weighted by Gasteiger charge is -2.19. The predicted octanol–water partition coefficient (Wildman–Crippen LogP) is 5.06. The third kappa shape index (κ3) is 3.94. The molecule has 3 N–H and O–H groups in total. The molecule has 164 valence electrons. The lowest BCUT2D eigenvalue weighted by Crippen LogP contribution is -2.31. The maximum absolute atomic E-state index is 13.0. The van der Waals surface area contributed by atoms with E-state index in [0.29, 0.717) is 12.5 Å². The van der Waals surface area contributed by atoms with Gasteiger partial charge < -0.3 is 16.0 Å². The third-order valence-corrected chi connectivity index (χ3v) is 7.04. The Hall–Kier alpha value is -3.03. The maximum Gasteiger partial charge on any atom is 0.264 e. The highest BCUT2D eigenvalue weighted by molar-refractivity contribution is 7.21. The number of hydrogen-bond donors (Lipinski definition) is 2. The Morgan fingerprint density at radius 2 is 2.06 bits per heavy atom. The second kappa shape index (κ2) is 7.83. The molecule has 1 fully saturated rings. The Balaban J connectivity index is 1.49. The molecule has 1 saturated heterocycles. The van der Waals surface area contributed by atoms with Gasteiger partial charge in [-0.2, -0.15) is 0 Å². The number of rotatable bonds is 3. The van der Waals surface area contributed by atoms with Crippen molar-refractivity contribution in [3.63, 3.8) is 0 Å². The molecule has 32 heavy (non-hydrogen) atoms. The minimum Gasteiger partial charge on any atom is -0.336 e. The van der Waals surface area contributed by atoms with Crippen molar-refractivity contribution in [1.29, 1.82) is 0 Å². The highest BCUT2D eigenvalue weighted by Gasteiger charge is 2.26. The molecule has 3 heterocycles. The smallest absolute Gasteiger partial charge is 0.264 e. The van der Waals surface area contributed by atoms with Crippen LogP contribution < -0.4 is 11.1 Å². The van der Waals surface area contributed by atoms with E-state index in [-0.39, 0.29) is 17.4 Å². The van der Waals surface area contributed by atoms with Gasteiger partial charge in [0, 0.05) is 46.5 Å². The summed E-state index contributed by atoms with van der Waals surface area (Å²) in [6.45, 7) is 7.93. The van der Waals surface area contributed by atoms with Gasteiger partial charge in [-0.3, -0.25) is 4.79 Å². The zero-order chi connectivity index (χ0) is 22.5. The summed E-state index contributed by atoms with van der Waals surface area (Å²) < 4.78 is 1.05. The standard InChI is InChI=1S/C25H27N5OS/c1-25(2,3)16-5-4-6-18(11-16)28-24-27-13-15-7-8-20-19(22(15)29-24)12-21(32-20)23(31)30-10-9-17(26)14-30/h4-8,11-13,17H,9-10,14,26H2,1-3H3,(H,27,28,29). The molecule has 5 rings (SSSR count). The van der Waals surface area contributed by atoms with E-state index in [9.17, 15) is 4.79 Å². The summed E-state index contributed by atoms with van der Waals surface area (Å²) in [5.41, 5.74) is 9.10. The van der Waals surface area contributed by atoms with Gasteiger partial charge in [0.05, 0.1) is 10.4 Å². The first-order chi connectivity index (χ1) is 15.3. The largest absolute Gasteiger partial charge is 0.336 e. The molecule has 0 aliphatic carbocycles. The van der Waals surface area contributed by atoms with Crippen LogP contribution in [0.25, 0.3) is 21.0 Å². The molecule has 1 atom stereocenters. The molecule has 0 radical (unpaired) electrons. The Morgan fingerprint density at radius 3 is 2.81 bits per heavy atom. The number of nitrogens with two attached hydrogens (primary N) is 1. The first-order valence-corrected chi connectivity index (χ1v) is 11.7. The van der Waals surface area contributed by atoms with Gasteiger partial charge in [0.1, 0.15) is 0 Å². The van der Waals surface area contributed by atoms with Crippen LogP contribution in [0.2, 0.25) is 0 Å². The summed E-state index contributed by atoms with van der Waals surface area (Å²) in [5, 5.41) is 5.27. The molecule has 0 saturated carbocycles. The molecule has 1 aliphatic heterocycles. The number of hydrogen-bond acceptors (Lipinski definition) is 6. The van der Waals surface area contributed by atoms with Crippen LogP contribution in [0.3, 0.4) is 0 Å².